The average Bonchev–Trinajstić information content (AvgIpc) is 2.72. The van der Waals surface area contributed by atoms with Crippen molar-refractivity contribution in [2.24, 2.45) is 10.2 Å². The van der Waals surface area contributed by atoms with Gasteiger partial charge in [0.15, 0.2) is 11.7 Å². The molecule has 8 nitrogen and oxygen atoms in total. The van der Waals surface area contributed by atoms with Gasteiger partial charge in [-0.25, -0.2) is 9.59 Å². The lowest BCUT2D eigenvalue weighted by atomic mass is 10.2. The second-order valence-corrected chi connectivity index (χ2v) is 6.30. The molecule has 0 radical (unpaired) electrons. The normalized spacial score (nSPS) is 13.6. The third-order valence-corrected chi connectivity index (χ3v) is 4.24. The highest BCUT2D eigenvalue weighted by atomic mass is 35.5. The lowest BCUT2D eigenvalue weighted by molar-refractivity contribution is 0.0653. The average molecular weight is 421 g/mol. The van der Waals surface area contributed by atoms with Gasteiger partial charge in [0.2, 0.25) is 0 Å². The molecule has 0 aliphatic carbocycles. The molecular formula is C18H14Cl2N4O4. The Morgan fingerprint density at radius 3 is 1.32 bits per heavy atom. The minimum Gasteiger partial charge on any atom is -0.451 e. The number of hydrazine groups is 1. The Morgan fingerprint density at radius 1 is 0.714 bits per heavy atom. The van der Waals surface area contributed by atoms with Gasteiger partial charge in [0.1, 0.15) is 0 Å². The van der Waals surface area contributed by atoms with Crippen LogP contribution in [0.4, 0.5) is 9.59 Å². The molecule has 28 heavy (non-hydrogen) atoms. The summed E-state index contributed by atoms with van der Waals surface area (Å²) in [5.74, 6) is 0.123. The van der Waals surface area contributed by atoms with Crippen molar-refractivity contribution >= 4 is 47.1 Å². The van der Waals surface area contributed by atoms with Gasteiger partial charge >= 0.3 is 12.2 Å². The van der Waals surface area contributed by atoms with E-state index in [0.717, 1.165) is 10.0 Å². The predicted molar refractivity (Wildman–Crippen MR) is 104 cm³/mol. The number of carbonyl (C=O) groups excluding carboxylic acids is 2. The molecule has 2 aromatic carbocycles. The highest BCUT2D eigenvalue weighted by Crippen LogP contribution is 2.22. The maximum atomic E-state index is 12.6. The summed E-state index contributed by atoms with van der Waals surface area (Å²) >= 11 is 11.9. The first-order valence-corrected chi connectivity index (χ1v) is 8.65. The number of ether oxygens (including phenoxy) is 2. The molecule has 1 heterocycles. The lowest BCUT2D eigenvalue weighted by Crippen LogP contribution is -2.57. The van der Waals surface area contributed by atoms with Gasteiger partial charge in [-0.05, 0) is 48.5 Å². The van der Waals surface area contributed by atoms with E-state index in [-0.39, 0.29) is 11.7 Å². The van der Waals surface area contributed by atoms with E-state index in [1.54, 1.807) is 48.5 Å². The standard InChI is InChI=1S/C18H14Cl2N4O4/c1-27-17(25)23-15(11-3-7-13(19)8-4-11)21-22-16(24(23)18(26)28-2)12-5-9-14(20)10-6-12/h3-10H,1-2H3. The first kappa shape index (κ1) is 19.7. The van der Waals surface area contributed by atoms with E-state index in [9.17, 15) is 9.59 Å². The van der Waals surface area contributed by atoms with Crippen LogP contribution in [-0.2, 0) is 9.47 Å². The van der Waals surface area contributed by atoms with Gasteiger partial charge in [-0.1, -0.05) is 23.2 Å². The predicted octanol–water partition coefficient (Wildman–Crippen LogP) is 4.17. The molecule has 3 rings (SSSR count). The Hall–Kier alpha value is -3.10. The molecule has 0 spiro atoms. The fourth-order valence-corrected chi connectivity index (χ4v) is 2.69. The van der Waals surface area contributed by atoms with E-state index in [2.05, 4.69) is 10.2 Å². The van der Waals surface area contributed by atoms with Gasteiger partial charge in [0, 0.05) is 21.2 Å². The number of nitrogens with zero attached hydrogens (tertiary/aromatic N) is 4. The van der Waals surface area contributed by atoms with Crippen LogP contribution in [0.25, 0.3) is 0 Å². The van der Waals surface area contributed by atoms with E-state index in [4.69, 9.17) is 32.7 Å². The Kier molecular flexibility index (Phi) is 5.81. The summed E-state index contributed by atoms with van der Waals surface area (Å²) in [6, 6.07) is 13.0. The Balaban J connectivity index is 2.18. The van der Waals surface area contributed by atoms with Crippen LogP contribution in [0.3, 0.4) is 0 Å². The first-order chi connectivity index (χ1) is 13.5. The number of halogens is 2. The van der Waals surface area contributed by atoms with Crippen LogP contribution in [0.1, 0.15) is 11.1 Å². The van der Waals surface area contributed by atoms with Gasteiger partial charge in [0.05, 0.1) is 14.2 Å². The topological polar surface area (TPSA) is 83.8 Å². The second-order valence-electron chi connectivity index (χ2n) is 5.42. The molecule has 0 atom stereocenters. The smallest absolute Gasteiger partial charge is 0.435 e. The summed E-state index contributed by atoms with van der Waals surface area (Å²) in [6.45, 7) is 0. The number of methoxy groups -OCH3 is 2. The van der Waals surface area contributed by atoms with Gasteiger partial charge in [-0.2, -0.15) is 10.0 Å². The molecule has 0 bridgehead atoms. The van der Waals surface area contributed by atoms with E-state index in [1.807, 2.05) is 0 Å². The third kappa shape index (κ3) is 3.78. The summed E-state index contributed by atoms with van der Waals surface area (Å²) in [5, 5.41) is 11.1. The number of amidine groups is 2. The Labute approximate surface area is 170 Å². The van der Waals surface area contributed by atoms with Crippen molar-refractivity contribution < 1.29 is 19.1 Å². The van der Waals surface area contributed by atoms with Crippen LogP contribution < -0.4 is 0 Å². The molecule has 1 aliphatic heterocycles. The Bertz CT molecular complexity index is 879. The summed E-state index contributed by atoms with van der Waals surface area (Å²) in [5.41, 5.74) is 0.977. The van der Waals surface area contributed by atoms with Crippen LogP contribution in [0.15, 0.2) is 58.7 Å². The molecule has 2 amide bonds. The summed E-state index contributed by atoms with van der Waals surface area (Å²) in [6.07, 6.45) is -1.72. The quantitative estimate of drug-likeness (QED) is 0.729. The number of hydrogen-bond acceptors (Lipinski definition) is 6. The highest BCUT2D eigenvalue weighted by molar-refractivity contribution is 6.31. The molecule has 0 fully saturated rings. The van der Waals surface area contributed by atoms with E-state index in [0.29, 0.717) is 21.2 Å². The SMILES string of the molecule is COC(=O)N1C(c2ccc(Cl)cc2)=NN=C(c2ccc(Cl)cc2)N1C(=O)OC. The number of rotatable bonds is 2. The molecule has 0 aromatic heterocycles. The first-order valence-electron chi connectivity index (χ1n) is 7.90. The van der Waals surface area contributed by atoms with Gasteiger partial charge in [0.25, 0.3) is 0 Å². The van der Waals surface area contributed by atoms with Crippen molar-refractivity contribution in [1.29, 1.82) is 0 Å². The molecule has 144 valence electrons. The van der Waals surface area contributed by atoms with Crippen molar-refractivity contribution in [2.75, 3.05) is 14.2 Å². The second kappa shape index (κ2) is 8.28. The van der Waals surface area contributed by atoms with Crippen molar-refractivity contribution in [3.05, 3.63) is 69.7 Å². The molecule has 0 saturated heterocycles. The van der Waals surface area contributed by atoms with Crippen LogP contribution in [-0.4, -0.2) is 48.1 Å². The lowest BCUT2D eigenvalue weighted by Gasteiger charge is -2.34. The molecule has 2 aromatic rings. The largest absolute Gasteiger partial charge is 0.451 e. The third-order valence-electron chi connectivity index (χ3n) is 3.74. The fraction of sp³-hybridized carbons (Fsp3) is 0.111. The van der Waals surface area contributed by atoms with Crippen LogP contribution in [0.5, 0.6) is 0 Å². The summed E-state index contributed by atoms with van der Waals surface area (Å²) in [4.78, 5) is 25.1. The fourth-order valence-electron chi connectivity index (χ4n) is 2.44. The summed E-state index contributed by atoms with van der Waals surface area (Å²) < 4.78 is 9.70. The zero-order valence-corrected chi connectivity index (χ0v) is 16.3. The van der Waals surface area contributed by atoms with Crippen molar-refractivity contribution in [1.82, 2.24) is 10.0 Å². The van der Waals surface area contributed by atoms with E-state index in [1.165, 1.54) is 14.2 Å². The number of hydrogen-bond donors (Lipinski definition) is 0. The molecular weight excluding hydrogens is 407 g/mol. The van der Waals surface area contributed by atoms with E-state index < -0.39 is 12.2 Å². The van der Waals surface area contributed by atoms with E-state index >= 15 is 0 Å². The molecule has 0 N–H and O–H groups in total. The highest BCUT2D eigenvalue weighted by Gasteiger charge is 2.39. The number of carbonyl (C=O) groups is 2. The van der Waals surface area contributed by atoms with Gasteiger partial charge in [-0.15, -0.1) is 10.2 Å². The van der Waals surface area contributed by atoms with Gasteiger partial charge < -0.3 is 9.47 Å². The van der Waals surface area contributed by atoms with Crippen molar-refractivity contribution in [3.63, 3.8) is 0 Å². The molecule has 0 unspecified atom stereocenters. The van der Waals surface area contributed by atoms with Crippen molar-refractivity contribution in [3.8, 4) is 0 Å². The van der Waals surface area contributed by atoms with Gasteiger partial charge in [-0.3, -0.25) is 0 Å². The zero-order valence-electron chi connectivity index (χ0n) is 14.8. The molecule has 0 saturated carbocycles. The minimum absolute atomic E-state index is 0.0617. The maximum absolute atomic E-state index is 12.6. The monoisotopic (exact) mass is 420 g/mol. The number of amides is 2. The van der Waals surface area contributed by atoms with Crippen LogP contribution >= 0.6 is 23.2 Å². The zero-order chi connectivity index (χ0) is 20.3. The number of benzene rings is 2. The molecule has 10 heteroatoms. The van der Waals surface area contributed by atoms with Crippen LogP contribution in [0, 0.1) is 0 Å². The molecule has 1 aliphatic rings. The van der Waals surface area contributed by atoms with Crippen LogP contribution in [0.2, 0.25) is 10.0 Å². The van der Waals surface area contributed by atoms with Crippen molar-refractivity contribution in [2.45, 2.75) is 0 Å². The maximum Gasteiger partial charge on any atom is 0.435 e. The Morgan fingerprint density at radius 2 is 1.04 bits per heavy atom. The summed E-state index contributed by atoms with van der Waals surface area (Å²) in [7, 11) is 2.37. The minimum atomic E-state index is -0.861.